The molecule has 0 bridgehead atoms. The summed E-state index contributed by atoms with van der Waals surface area (Å²) in [7, 11) is 0. The predicted molar refractivity (Wildman–Crippen MR) is 142 cm³/mol. The van der Waals surface area contributed by atoms with Gasteiger partial charge in [0.1, 0.15) is 12.4 Å². The van der Waals surface area contributed by atoms with E-state index in [9.17, 15) is 0 Å². The second kappa shape index (κ2) is 9.51. The lowest BCUT2D eigenvalue weighted by molar-refractivity contribution is 0.183. The van der Waals surface area contributed by atoms with Gasteiger partial charge in [-0.3, -0.25) is 4.90 Å². The van der Waals surface area contributed by atoms with E-state index in [-0.39, 0.29) is 0 Å². The van der Waals surface area contributed by atoms with E-state index in [2.05, 4.69) is 71.7 Å². The van der Waals surface area contributed by atoms with Gasteiger partial charge in [0.15, 0.2) is 5.65 Å². The minimum Gasteiger partial charge on any atom is -0.492 e. The van der Waals surface area contributed by atoms with Crippen molar-refractivity contribution >= 4 is 16.4 Å². The number of piperidine rings is 1. The Kier molecular flexibility index (Phi) is 5.93. The van der Waals surface area contributed by atoms with Gasteiger partial charge in [0, 0.05) is 30.1 Å². The first kappa shape index (κ1) is 21.8. The number of hydrogen-bond donors (Lipinski definition) is 0. The lowest BCUT2D eigenvalue weighted by Gasteiger charge is -2.26. The Morgan fingerprint density at radius 1 is 0.800 bits per heavy atom. The van der Waals surface area contributed by atoms with Crippen LogP contribution in [-0.4, -0.2) is 45.7 Å². The largest absolute Gasteiger partial charge is 0.492 e. The highest BCUT2D eigenvalue weighted by Crippen LogP contribution is 2.33. The highest BCUT2D eigenvalue weighted by molar-refractivity contribution is 6.01. The molecule has 5 nitrogen and oxygen atoms in total. The van der Waals surface area contributed by atoms with E-state index in [4.69, 9.17) is 9.72 Å². The third-order valence-corrected chi connectivity index (χ3v) is 7.10. The highest BCUT2D eigenvalue weighted by atomic mass is 16.5. The zero-order valence-electron chi connectivity index (χ0n) is 20.2. The van der Waals surface area contributed by atoms with Gasteiger partial charge in [-0.2, -0.15) is 5.10 Å². The number of fused-ring (bicyclic) bond motifs is 2. The van der Waals surface area contributed by atoms with Crippen LogP contribution >= 0.6 is 0 Å². The van der Waals surface area contributed by atoms with Crippen molar-refractivity contribution < 1.29 is 4.74 Å². The van der Waals surface area contributed by atoms with Gasteiger partial charge in [-0.15, -0.1) is 0 Å². The average Bonchev–Trinajstić information content (AvgIpc) is 3.33. The molecule has 0 saturated carbocycles. The molecule has 6 rings (SSSR count). The van der Waals surface area contributed by atoms with Crippen LogP contribution in [0.25, 0.3) is 38.7 Å². The van der Waals surface area contributed by atoms with Crippen molar-refractivity contribution in [2.24, 2.45) is 0 Å². The van der Waals surface area contributed by atoms with Gasteiger partial charge in [-0.1, -0.05) is 55.0 Å². The van der Waals surface area contributed by atoms with E-state index >= 15 is 0 Å². The molecule has 1 aliphatic heterocycles. The minimum atomic E-state index is 0.733. The van der Waals surface area contributed by atoms with Crippen molar-refractivity contribution in [3.8, 4) is 28.0 Å². The fourth-order valence-corrected chi connectivity index (χ4v) is 5.12. The van der Waals surface area contributed by atoms with E-state index in [1.165, 1.54) is 48.7 Å². The van der Waals surface area contributed by atoms with Gasteiger partial charge < -0.3 is 4.74 Å². The molecule has 3 heterocycles. The van der Waals surface area contributed by atoms with Crippen molar-refractivity contribution in [3.63, 3.8) is 0 Å². The first-order valence-electron chi connectivity index (χ1n) is 12.5. The molecule has 176 valence electrons. The Labute approximate surface area is 206 Å². The first-order valence-corrected chi connectivity index (χ1v) is 12.5. The van der Waals surface area contributed by atoms with Crippen molar-refractivity contribution in [3.05, 3.63) is 84.8 Å². The molecule has 0 amide bonds. The molecule has 0 aliphatic carbocycles. The van der Waals surface area contributed by atoms with E-state index in [0.717, 1.165) is 46.8 Å². The zero-order chi connectivity index (χ0) is 23.6. The van der Waals surface area contributed by atoms with Crippen LogP contribution in [0.1, 0.15) is 24.8 Å². The van der Waals surface area contributed by atoms with Crippen LogP contribution in [0, 0.1) is 6.92 Å². The molecule has 0 spiro atoms. The zero-order valence-corrected chi connectivity index (χ0v) is 20.2. The molecule has 35 heavy (non-hydrogen) atoms. The normalized spacial score (nSPS) is 14.5. The molecule has 1 saturated heterocycles. The summed E-state index contributed by atoms with van der Waals surface area (Å²) in [5.74, 6) is 0.910. The van der Waals surface area contributed by atoms with Crippen LogP contribution in [0.3, 0.4) is 0 Å². The summed E-state index contributed by atoms with van der Waals surface area (Å²) in [4.78, 5) is 7.31. The van der Waals surface area contributed by atoms with Crippen LogP contribution in [0.4, 0.5) is 0 Å². The molecular weight excluding hydrogens is 432 g/mol. The molecule has 5 heteroatoms. The number of aryl methyl sites for hydroxylation is 1. The van der Waals surface area contributed by atoms with Crippen LogP contribution in [-0.2, 0) is 0 Å². The van der Waals surface area contributed by atoms with E-state index in [0.29, 0.717) is 0 Å². The molecule has 0 unspecified atom stereocenters. The maximum atomic E-state index is 5.99. The topological polar surface area (TPSA) is 42.7 Å². The molecule has 0 radical (unpaired) electrons. The smallest absolute Gasteiger partial charge is 0.162 e. The SMILES string of the molecule is Cc1ccc(-c2cnn3cc(-c4ccc(OCCN5CCCCC5)cc4)cnc23)c2ccccc12. The van der Waals surface area contributed by atoms with Crippen LogP contribution in [0.15, 0.2) is 79.3 Å². The Morgan fingerprint density at radius 3 is 2.43 bits per heavy atom. The summed E-state index contributed by atoms with van der Waals surface area (Å²) < 4.78 is 7.87. The predicted octanol–water partition coefficient (Wildman–Crippen LogP) is 6.39. The second-order valence-corrected chi connectivity index (χ2v) is 9.42. The lowest BCUT2D eigenvalue weighted by atomic mass is 9.97. The van der Waals surface area contributed by atoms with Crippen molar-refractivity contribution in [1.82, 2.24) is 19.5 Å². The maximum absolute atomic E-state index is 5.99. The van der Waals surface area contributed by atoms with Crippen molar-refractivity contribution in [1.29, 1.82) is 0 Å². The Hall–Kier alpha value is -3.70. The average molecular weight is 463 g/mol. The van der Waals surface area contributed by atoms with Gasteiger partial charge in [-0.05, 0) is 72.5 Å². The number of nitrogens with zero attached hydrogens (tertiary/aromatic N) is 4. The molecule has 0 atom stereocenters. The number of rotatable bonds is 6. The van der Waals surface area contributed by atoms with Crippen molar-refractivity contribution in [2.45, 2.75) is 26.2 Å². The summed E-state index contributed by atoms with van der Waals surface area (Å²) in [5, 5.41) is 7.13. The van der Waals surface area contributed by atoms with E-state index in [1.54, 1.807) is 0 Å². The third-order valence-electron chi connectivity index (χ3n) is 7.10. The van der Waals surface area contributed by atoms with Crippen molar-refractivity contribution in [2.75, 3.05) is 26.2 Å². The molecular formula is C30H30N4O. The monoisotopic (exact) mass is 462 g/mol. The Bertz CT molecular complexity index is 1470. The van der Waals surface area contributed by atoms with E-state index < -0.39 is 0 Å². The van der Waals surface area contributed by atoms with Gasteiger partial charge in [0.2, 0.25) is 0 Å². The Morgan fingerprint density at radius 2 is 1.60 bits per heavy atom. The fraction of sp³-hybridized carbons (Fsp3) is 0.267. The minimum absolute atomic E-state index is 0.733. The van der Waals surface area contributed by atoms with Gasteiger partial charge >= 0.3 is 0 Å². The third kappa shape index (κ3) is 4.40. The lowest BCUT2D eigenvalue weighted by Crippen LogP contribution is -2.33. The fourth-order valence-electron chi connectivity index (χ4n) is 5.12. The van der Waals surface area contributed by atoms with Crippen LogP contribution < -0.4 is 4.74 Å². The van der Waals surface area contributed by atoms with Gasteiger partial charge in [-0.25, -0.2) is 9.50 Å². The van der Waals surface area contributed by atoms with Crippen LogP contribution in [0.2, 0.25) is 0 Å². The molecule has 0 N–H and O–H groups in total. The van der Waals surface area contributed by atoms with Gasteiger partial charge in [0.05, 0.1) is 6.20 Å². The summed E-state index contributed by atoms with van der Waals surface area (Å²) in [6.45, 7) is 6.29. The standard InChI is InChI=1S/C30H30N4O/c1-22-9-14-28(27-8-4-3-7-26(22)27)29-20-32-34-21-24(19-31-30(29)34)23-10-12-25(13-11-23)35-18-17-33-15-5-2-6-16-33/h3-4,7-14,19-21H,2,5-6,15-18H2,1H3. The van der Waals surface area contributed by atoms with Gasteiger partial charge in [0.25, 0.3) is 0 Å². The molecule has 3 aromatic carbocycles. The highest BCUT2D eigenvalue weighted by Gasteiger charge is 2.13. The number of hydrogen-bond acceptors (Lipinski definition) is 4. The number of ether oxygens (including phenoxy) is 1. The maximum Gasteiger partial charge on any atom is 0.162 e. The number of aromatic nitrogens is 3. The number of likely N-dealkylation sites (tertiary alicyclic amines) is 1. The molecule has 2 aromatic heterocycles. The van der Waals surface area contributed by atoms with Crippen LogP contribution in [0.5, 0.6) is 5.75 Å². The van der Waals surface area contributed by atoms with E-state index in [1.807, 2.05) is 29.0 Å². The molecule has 5 aromatic rings. The molecule has 1 aliphatic rings. The number of benzene rings is 3. The Balaban J connectivity index is 1.21. The summed E-state index contributed by atoms with van der Waals surface area (Å²) >= 11 is 0. The summed E-state index contributed by atoms with van der Waals surface area (Å²) in [6.07, 6.45) is 9.89. The molecule has 1 fully saturated rings. The second-order valence-electron chi connectivity index (χ2n) is 9.42. The quantitative estimate of drug-likeness (QED) is 0.293. The summed E-state index contributed by atoms with van der Waals surface area (Å²) in [5.41, 5.74) is 6.47. The first-order chi connectivity index (χ1) is 17.3. The summed E-state index contributed by atoms with van der Waals surface area (Å²) in [6, 6.07) is 21.1.